The minimum Gasteiger partial charge on any atom is -0.404 e. The van der Waals surface area contributed by atoms with E-state index in [4.69, 9.17) is 13.9 Å². The van der Waals surface area contributed by atoms with Gasteiger partial charge >= 0.3 is 0 Å². The number of aliphatic hydroxyl groups excluding tert-OH is 1. The van der Waals surface area contributed by atoms with Gasteiger partial charge in [0.15, 0.2) is 14.1 Å². The number of ketones is 1. The van der Waals surface area contributed by atoms with Crippen molar-refractivity contribution in [2.75, 3.05) is 6.61 Å². The normalized spacial score (nSPS) is 15.1. The molecule has 0 amide bonds. The van der Waals surface area contributed by atoms with Crippen molar-refractivity contribution in [2.45, 2.75) is 83.8 Å². The summed E-state index contributed by atoms with van der Waals surface area (Å²) in [5.74, 6) is -0.266. The topological polar surface area (TPSA) is 65.0 Å². The zero-order valence-corrected chi connectivity index (χ0v) is 21.9. The van der Waals surface area contributed by atoms with Crippen molar-refractivity contribution in [2.24, 2.45) is 0 Å². The third kappa shape index (κ3) is 8.47. The molecule has 3 atom stereocenters. The molecular weight excluding hydrogens is 432 g/mol. The average molecular weight is 473 g/mol. The molecule has 0 radical (unpaired) electrons. The second kappa shape index (κ2) is 12.6. The lowest BCUT2D eigenvalue weighted by atomic mass is 10.0. The van der Waals surface area contributed by atoms with Gasteiger partial charge < -0.3 is 19.0 Å². The van der Waals surface area contributed by atoms with E-state index in [-0.39, 0.29) is 24.0 Å². The van der Waals surface area contributed by atoms with Gasteiger partial charge in [-0.3, -0.25) is 4.79 Å². The molecule has 6 heteroatoms. The van der Waals surface area contributed by atoms with Crippen LogP contribution in [0.3, 0.4) is 0 Å². The van der Waals surface area contributed by atoms with E-state index in [0.29, 0.717) is 13.0 Å². The zero-order chi connectivity index (χ0) is 24.5. The predicted molar refractivity (Wildman–Crippen MR) is 134 cm³/mol. The highest BCUT2D eigenvalue weighted by Gasteiger charge is 2.44. The number of benzene rings is 2. The van der Waals surface area contributed by atoms with E-state index in [1.165, 1.54) is 0 Å². The Morgan fingerprint density at radius 1 is 0.939 bits per heavy atom. The van der Waals surface area contributed by atoms with Gasteiger partial charge in [0.05, 0.1) is 25.9 Å². The number of Topliss-reactive ketones (excluding diaryl/α,β-unsaturated/α-hetero) is 1. The number of ether oxygens (including phenoxy) is 2. The monoisotopic (exact) mass is 472 g/mol. The van der Waals surface area contributed by atoms with Gasteiger partial charge in [0.25, 0.3) is 0 Å². The van der Waals surface area contributed by atoms with Crippen LogP contribution < -0.4 is 0 Å². The summed E-state index contributed by atoms with van der Waals surface area (Å²) in [6.45, 7) is 13.1. The molecule has 0 aliphatic rings. The minimum atomic E-state index is -2.30. The van der Waals surface area contributed by atoms with Crippen LogP contribution in [-0.2, 0) is 31.9 Å². The van der Waals surface area contributed by atoms with E-state index in [1.807, 2.05) is 67.6 Å². The first kappa shape index (κ1) is 27.4. The first-order chi connectivity index (χ1) is 15.5. The fourth-order valence-corrected chi connectivity index (χ4v) is 4.32. The van der Waals surface area contributed by atoms with Crippen LogP contribution in [0.1, 0.15) is 45.2 Å². The molecule has 2 aromatic rings. The molecular formula is C27H40O5Si. The molecule has 0 aliphatic heterocycles. The van der Waals surface area contributed by atoms with Gasteiger partial charge in [-0.2, -0.15) is 0 Å². The summed E-state index contributed by atoms with van der Waals surface area (Å²) in [5.41, 5.74) is 1.99. The highest BCUT2D eigenvalue weighted by atomic mass is 28.4. The molecule has 0 fully saturated rings. The summed E-state index contributed by atoms with van der Waals surface area (Å²) in [4.78, 5) is 13.6. The lowest BCUT2D eigenvalue weighted by molar-refractivity contribution is -0.149. The summed E-state index contributed by atoms with van der Waals surface area (Å²) in [6.07, 6.45) is -2.27. The van der Waals surface area contributed by atoms with E-state index in [2.05, 4.69) is 33.9 Å². The third-order valence-electron chi connectivity index (χ3n) is 6.27. The van der Waals surface area contributed by atoms with E-state index in [9.17, 15) is 9.90 Å². The number of rotatable bonds is 13. The van der Waals surface area contributed by atoms with Crippen molar-refractivity contribution in [3.8, 4) is 0 Å². The third-order valence-corrected chi connectivity index (χ3v) is 10.7. The van der Waals surface area contributed by atoms with Gasteiger partial charge in [-0.15, -0.1) is 0 Å². The van der Waals surface area contributed by atoms with Crippen LogP contribution in [0.5, 0.6) is 0 Å². The van der Waals surface area contributed by atoms with Crippen LogP contribution in [0, 0.1) is 0 Å². The summed E-state index contributed by atoms with van der Waals surface area (Å²) in [7, 11) is -2.30. The maximum absolute atomic E-state index is 13.6. The highest BCUT2D eigenvalue weighted by molar-refractivity contribution is 6.74. The molecule has 0 aliphatic carbocycles. The lowest BCUT2D eigenvalue weighted by Crippen LogP contribution is -2.53. The Morgan fingerprint density at radius 3 is 1.94 bits per heavy atom. The minimum absolute atomic E-state index is 0.0916. The summed E-state index contributed by atoms with van der Waals surface area (Å²) in [5, 5.41) is 10.6. The second-order valence-corrected chi connectivity index (χ2v) is 14.7. The van der Waals surface area contributed by atoms with Gasteiger partial charge in [-0.25, -0.2) is 0 Å². The number of hydrogen-bond acceptors (Lipinski definition) is 5. The van der Waals surface area contributed by atoms with Crippen molar-refractivity contribution < 1.29 is 23.8 Å². The van der Waals surface area contributed by atoms with Crippen molar-refractivity contribution in [3.63, 3.8) is 0 Å². The molecule has 0 saturated carbocycles. The van der Waals surface area contributed by atoms with E-state index in [0.717, 1.165) is 11.1 Å². The van der Waals surface area contributed by atoms with E-state index in [1.54, 1.807) is 0 Å². The first-order valence-corrected chi connectivity index (χ1v) is 14.6. The van der Waals surface area contributed by atoms with Crippen LogP contribution >= 0.6 is 0 Å². The number of aliphatic hydroxyl groups is 1. The van der Waals surface area contributed by atoms with Crippen molar-refractivity contribution in [1.29, 1.82) is 0 Å². The van der Waals surface area contributed by atoms with Crippen molar-refractivity contribution in [1.82, 2.24) is 0 Å². The summed E-state index contributed by atoms with van der Waals surface area (Å²) < 4.78 is 18.4. The number of hydrogen-bond donors (Lipinski definition) is 1. The van der Waals surface area contributed by atoms with Gasteiger partial charge in [0.1, 0.15) is 12.2 Å². The predicted octanol–water partition coefficient (Wildman–Crippen LogP) is 5.52. The molecule has 1 N–H and O–H groups in total. The van der Waals surface area contributed by atoms with Gasteiger partial charge in [0.2, 0.25) is 0 Å². The molecule has 182 valence electrons. The van der Waals surface area contributed by atoms with E-state index >= 15 is 0 Å². The quantitative estimate of drug-likeness (QED) is 0.389. The Hall–Kier alpha value is -1.83. The molecule has 0 spiro atoms. The SMILES string of the molecule is CC[C@H](O)[C@@H](O[Si](C)(C)C(C)(C)C)C(=O)[C@H](COCc1ccccc1)OCc1ccccc1. The Labute approximate surface area is 200 Å². The maximum atomic E-state index is 13.6. The smallest absolute Gasteiger partial charge is 0.193 e. The van der Waals surface area contributed by atoms with Crippen LogP contribution in [0.2, 0.25) is 18.1 Å². The van der Waals surface area contributed by atoms with Gasteiger partial charge in [0, 0.05) is 0 Å². The highest BCUT2D eigenvalue weighted by Crippen LogP contribution is 2.38. The fourth-order valence-electron chi connectivity index (χ4n) is 3.06. The average Bonchev–Trinajstić information content (AvgIpc) is 2.79. The first-order valence-electron chi connectivity index (χ1n) is 11.7. The largest absolute Gasteiger partial charge is 0.404 e. The lowest BCUT2D eigenvalue weighted by Gasteiger charge is -2.40. The Balaban J connectivity index is 2.19. The van der Waals surface area contributed by atoms with Gasteiger partial charge in [-0.1, -0.05) is 88.4 Å². The molecule has 33 heavy (non-hydrogen) atoms. The Bertz CT molecular complexity index is 833. The molecule has 0 saturated heterocycles. The van der Waals surface area contributed by atoms with Crippen LogP contribution in [0.15, 0.2) is 60.7 Å². The standard InChI is InChI=1S/C27H40O5Si/c1-7-23(28)26(32-33(5,6)27(2,3)4)25(29)24(31-19-22-16-12-9-13-17-22)20-30-18-21-14-10-8-11-15-21/h8-17,23-24,26,28H,7,18-20H2,1-6H3/t23-,24-,26+/m0/s1. The summed E-state index contributed by atoms with van der Waals surface area (Å²) in [6, 6.07) is 19.5. The number of carbonyl (C=O) groups excluding carboxylic acids is 1. The Morgan fingerprint density at radius 2 is 1.45 bits per heavy atom. The molecule has 5 nitrogen and oxygen atoms in total. The maximum Gasteiger partial charge on any atom is 0.193 e. The van der Waals surface area contributed by atoms with E-state index < -0.39 is 26.6 Å². The molecule has 0 heterocycles. The van der Waals surface area contributed by atoms with Crippen LogP contribution in [-0.4, -0.2) is 44.1 Å². The Kier molecular flexibility index (Phi) is 10.4. The van der Waals surface area contributed by atoms with Gasteiger partial charge in [-0.05, 0) is 35.7 Å². The van der Waals surface area contributed by atoms with Crippen LogP contribution in [0.4, 0.5) is 0 Å². The zero-order valence-electron chi connectivity index (χ0n) is 20.9. The molecule has 0 unspecified atom stereocenters. The number of carbonyl (C=O) groups is 1. The van der Waals surface area contributed by atoms with Crippen molar-refractivity contribution in [3.05, 3.63) is 71.8 Å². The van der Waals surface area contributed by atoms with Crippen molar-refractivity contribution >= 4 is 14.1 Å². The van der Waals surface area contributed by atoms with Crippen LogP contribution in [0.25, 0.3) is 0 Å². The second-order valence-electron chi connectivity index (χ2n) is 9.96. The molecule has 2 aromatic carbocycles. The fraction of sp³-hybridized carbons (Fsp3) is 0.519. The molecule has 2 rings (SSSR count). The molecule has 0 aromatic heterocycles. The molecule has 0 bridgehead atoms. The summed E-state index contributed by atoms with van der Waals surface area (Å²) >= 11 is 0.